The molecule has 0 aromatic heterocycles. The average molecular weight is 236 g/mol. The topological polar surface area (TPSA) is 64.3 Å². The summed E-state index contributed by atoms with van der Waals surface area (Å²) in [5.41, 5.74) is 7.98. The minimum atomic E-state index is -0.0896. The first kappa shape index (κ1) is 13.5. The van der Waals surface area contributed by atoms with E-state index >= 15 is 0 Å². The standard InChI is InChI=1S/C13H20N2O2/c1-3-17-8-4-7-15-13(16)11-6-5-10(2)12(14)9-11/h5-6,9H,3-4,7-8,14H2,1-2H3,(H,15,16). The Hall–Kier alpha value is -1.55. The van der Waals surface area contributed by atoms with E-state index in [0.29, 0.717) is 31.0 Å². The smallest absolute Gasteiger partial charge is 0.251 e. The van der Waals surface area contributed by atoms with E-state index in [1.54, 1.807) is 12.1 Å². The minimum Gasteiger partial charge on any atom is -0.398 e. The molecule has 0 aliphatic heterocycles. The minimum absolute atomic E-state index is 0.0896. The highest BCUT2D eigenvalue weighted by molar-refractivity contribution is 5.95. The average Bonchev–Trinajstić information content (AvgIpc) is 2.32. The van der Waals surface area contributed by atoms with Crippen LogP contribution in [0.4, 0.5) is 5.69 Å². The van der Waals surface area contributed by atoms with Crippen molar-refractivity contribution in [2.75, 3.05) is 25.5 Å². The summed E-state index contributed by atoms with van der Waals surface area (Å²) < 4.78 is 5.18. The van der Waals surface area contributed by atoms with Crippen molar-refractivity contribution in [3.05, 3.63) is 29.3 Å². The van der Waals surface area contributed by atoms with Crippen molar-refractivity contribution in [2.45, 2.75) is 20.3 Å². The summed E-state index contributed by atoms with van der Waals surface area (Å²) in [6.45, 7) is 5.87. The first-order chi connectivity index (χ1) is 8.15. The van der Waals surface area contributed by atoms with Crippen molar-refractivity contribution in [3.63, 3.8) is 0 Å². The second kappa shape index (κ2) is 6.91. The molecule has 0 bridgehead atoms. The van der Waals surface area contributed by atoms with Crippen LogP contribution in [0.3, 0.4) is 0 Å². The van der Waals surface area contributed by atoms with Crippen molar-refractivity contribution >= 4 is 11.6 Å². The molecule has 0 unspecified atom stereocenters. The van der Waals surface area contributed by atoms with Crippen LogP contribution in [0.15, 0.2) is 18.2 Å². The Balaban J connectivity index is 2.39. The van der Waals surface area contributed by atoms with Crippen LogP contribution in [0.2, 0.25) is 0 Å². The zero-order chi connectivity index (χ0) is 12.7. The van der Waals surface area contributed by atoms with E-state index in [0.717, 1.165) is 12.0 Å². The molecule has 0 heterocycles. The Bertz CT molecular complexity index is 378. The number of anilines is 1. The Morgan fingerprint density at radius 1 is 1.47 bits per heavy atom. The maximum Gasteiger partial charge on any atom is 0.251 e. The Morgan fingerprint density at radius 2 is 2.24 bits per heavy atom. The van der Waals surface area contributed by atoms with Gasteiger partial charge in [0.25, 0.3) is 5.91 Å². The molecule has 1 aromatic rings. The molecular weight excluding hydrogens is 216 g/mol. The lowest BCUT2D eigenvalue weighted by Gasteiger charge is -2.07. The highest BCUT2D eigenvalue weighted by atomic mass is 16.5. The molecule has 1 aromatic carbocycles. The van der Waals surface area contributed by atoms with E-state index in [1.165, 1.54) is 0 Å². The normalized spacial score (nSPS) is 10.2. The molecular formula is C13H20N2O2. The van der Waals surface area contributed by atoms with E-state index in [9.17, 15) is 4.79 Å². The highest BCUT2D eigenvalue weighted by Crippen LogP contribution is 2.12. The number of nitrogens with one attached hydrogen (secondary N) is 1. The van der Waals surface area contributed by atoms with Crippen LogP contribution < -0.4 is 11.1 Å². The third-order valence-electron chi connectivity index (χ3n) is 2.50. The number of hydrogen-bond acceptors (Lipinski definition) is 3. The van der Waals surface area contributed by atoms with Gasteiger partial charge in [-0.1, -0.05) is 6.07 Å². The summed E-state index contributed by atoms with van der Waals surface area (Å²) in [7, 11) is 0. The van der Waals surface area contributed by atoms with Gasteiger partial charge in [0, 0.05) is 31.0 Å². The van der Waals surface area contributed by atoms with Gasteiger partial charge in [-0.15, -0.1) is 0 Å². The summed E-state index contributed by atoms with van der Waals surface area (Å²) in [6.07, 6.45) is 0.820. The summed E-state index contributed by atoms with van der Waals surface area (Å²) >= 11 is 0. The van der Waals surface area contributed by atoms with Crippen molar-refractivity contribution in [1.29, 1.82) is 0 Å². The van der Waals surface area contributed by atoms with Crippen LogP contribution >= 0.6 is 0 Å². The number of carbonyl (C=O) groups excluding carboxylic acids is 1. The molecule has 1 rings (SSSR count). The zero-order valence-corrected chi connectivity index (χ0v) is 10.5. The van der Waals surface area contributed by atoms with Crippen LogP contribution in [-0.2, 0) is 4.74 Å². The molecule has 0 aliphatic carbocycles. The first-order valence-corrected chi connectivity index (χ1v) is 5.87. The van der Waals surface area contributed by atoms with Gasteiger partial charge in [-0.2, -0.15) is 0 Å². The van der Waals surface area contributed by atoms with Gasteiger partial charge < -0.3 is 15.8 Å². The molecule has 0 atom stereocenters. The molecule has 4 heteroatoms. The largest absolute Gasteiger partial charge is 0.398 e. The van der Waals surface area contributed by atoms with Gasteiger partial charge >= 0.3 is 0 Å². The van der Waals surface area contributed by atoms with E-state index in [-0.39, 0.29) is 5.91 Å². The summed E-state index contributed by atoms with van der Waals surface area (Å²) in [5.74, 6) is -0.0896. The van der Waals surface area contributed by atoms with E-state index < -0.39 is 0 Å². The van der Waals surface area contributed by atoms with Crippen LogP contribution in [0.5, 0.6) is 0 Å². The molecule has 17 heavy (non-hydrogen) atoms. The van der Waals surface area contributed by atoms with E-state index in [4.69, 9.17) is 10.5 Å². The fourth-order valence-electron chi connectivity index (χ4n) is 1.40. The predicted molar refractivity (Wildman–Crippen MR) is 69.0 cm³/mol. The molecule has 3 N–H and O–H groups in total. The fourth-order valence-corrected chi connectivity index (χ4v) is 1.40. The van der Waals surface area contributed by atoms with Crippen molar-refractivity contribution in [1.82, 2.24) is 5.32 Å². The fraction of sp³-hybridized carbons (Fsp3) is 0.462. The van der Waals surface area contributed by atoms with E-state index in [2.05, 4.69) is 5.32 Å². The summed E-state index contributed by atoms with van der Waals surface area (Å²) in [5, 5.41) is 2.83. The van der Waals surface area contributed by atoms with Gasteiger partial charge in [0.15, 0.2) is 0 Å². The Morgan fingerprint density at radius 3 is 2.88 bits per heavy atom. The SMILES string of the molecule is CCOCCCNC(=O)c1ccc(C)c(N)c1. The number of nitrogens with two attached hydrogens (primary N) is 1. The van der Waals surface area contributed by atoms with Crippen LogP contribution in [0.25, 0.3) is 0 Å². The number of hydrogen-bond donors (Lipinski definition) is 2. The van der Waals surface area contributed by atoms with Gasteiger partial charge in [0.05, 0.1) is 0 Å². The number of aryl methyl sites for hydroxylation is 1. The molecule has 0 radical (unpaired) electrons. The molecule has 0 saturated carbocycles. The number of ether oxygens (including phenoxy) is 1. The van der Waals surface area contributed by atoms with Crippen LogP contribution in [0, 0.1) is 6.92 Å². The third-order valence-corrected chi connectivity index (χ3v) is 2.50. The number of benzene rings is 1. The highest BCUT2D eigenvalue weighted by Gasteiger charge is 2.05. The van der Waals surface area contributed by atoms with E-state index in [1.807, 2.05) is 19.9 Å². The number of amides is 1. The lowest BCUT2D eigenvalue weighted by Crippen LogP contribution is -2.25. The molecule has 0 saturated heterocycles. The monoisotopic (exact) mass is 236 g/mol. The number of rotatable bonds is 6. The number of carbonyl (C=O) groups is 1. The second-order valence-electron chi connectivity index (χ2n) is 3.88. The van der Waals surface area contributed by atoms with Gasteiger partial charge in [-0.05, 0) is 38.0 Å². The van der Waals surface area contributed by atoms with Gasteiger partial charge in [-0.3, -0.25) is 4.79 Å². The molecule has 94 valence electrons. The zero-order valence-electron chi connectivity index (χ0n) is 10.5. The first-order valence-electron chi connectivity index (χ1n) is 5.87. The molecule has 0 fully saturated rings. The van der Waals surface area contributed by atoms with Crippen LogP contribution in [-0.4, -0.2) is 25.7 Å². The molecule has 0 spiro atoms. The van der Waals surface area contributed by atoms with Crippen LogP contribution in [0.1, 0.15) is 29.3 Å². The Labute approximate surface area is 102 Å². The quantitative estimate of drug-likeness (QED) is 0.584. The predicted octanol–water partition coefficient (Wildman–Crippen LogP) is 1.73. The van der Waals surface area contributed by atoms with Gasteiger partial charge in [-0.25, -0.2) is 0 Å². The lowest BCUT2D eigenvalue weighted by atomic mass is 10.1. The maximum absolute atomic E-state index is 11.7. The number of nitrogen functional groups attached to an aromatic ring is 1. The van der Waals surface area contributed by atoms with Crippen molar-refractivity contribution in [2.24, 2.45) is 0 Å². The molecule has 4 nitrogen and oxygen atoms in total. The lowest BCUT2D eigenvalue weighted by molar-refractivity contribution is 0.0944. The summed E-state index contributed by atoms with van der Waals surface area (Å²) in [4.78, 5) is 11.7. The molecule has 1 amide bonds. The van der Waals surface area contributed by atoms with Crippen molar-refractivity contribution in [3.8, 4) is 0 Å². The second-order valence-corrected chi connectivity index (χ2v) is 3.88. The van der Waals surface area contributed by atoms with Crippen molar-refractivity contribution < 1.29 is 9.53 Å². The Kier molecular flexibility index (Phi) is 5.49. The summed E-state index contributed by atoms with van der Waals surface area (Å²) in [6, 6.07) is 5.33. The van der Waals surface area contributed by atoms with Gasteiger partial charge in [0.2, 0.25) is 0 Å². The third kappa shape index (κ3) is 4.44. The van der Waals surface area contributed by atoms with Gasteiger partial charge in [0.1, 0.15) is 0 Å². The maximum atomic E-state index is 11.7. The molecule has 0 aliphatic rings.